The van der Waals surface area contributed by atoms with Crippen LogP contribution in [0.4, 0.5) is 0 Å². The van der Waals surface area contributed by atoms with Crippen LogP contribution in [0.5, 0.6) is 0 Å². The highest BCUT2D eigenvalue weighted by Crippen LogP contribution is 2.22. The first-order valence-corrected chi connectivity index (χ1v) is 5.18. The second-order valence-corrected chi connectivity index (χ2v) is 4.87. The minimum Gasteiger partial charge on any atom is -0.349 e. The molecular formula is C10H16N4O. The van der Waals surface area contributed by atoms with Gasteiger partial charge in [0.1, 0.15) is 5.82 Å². The Kier molecular flexibility index (Phi) is 2.25. The third-order valence-corrected chi connectivity index (χ3v) is 2.50. The molecule has 1 N–H and O–H groups in total. The van der Waals surface area contributed by atoms with Crippen LogP contribution < -0.4 is 5.32 Å². The predicted octanol–water partition coefficient (Wildman–Crippen LogP) is 0.595. The Morgan fingerprint density at radius 1 is 1.33 bits per heavy atom. The molecule has 0 saturated heterocycles. The average Bonchev–Trinajstić information content (AvgIpc) is 2.46. The van der Waals surface area contributed by atoms with Crippen LogP contribution in [0.25, 0.3) is 0 Å². The lowest BCUT2D eigenvalue weighted by molar-refractivity contribution is -0.121. The smallest absolute Gasteiger partial charge is 0.222 e. The summed E-state index contributed by atoms with van der Waals surface area (Å²) in [5.41, 5.74) is -0.0291. The van der Waals surface area contributed by atoms with E-state index < -0.39 is 0 Å². The molecule has 0 saturated carbocycles. The highest BCUT2D eigenvalue weighted by Gasteiger charge is 2.25. The quantitative estimate of drug-likeness (QED) is 0.679. The zero-order chi connectivity index (χ0) is 11.1. The maximum absolute atomic E-state index is 11.2. The van der Waals surface area contributed by atoms with E-state index in [0.29, 0.717) is 19.5 Å². The van der Waals surface area contributed by atoms with Crippen LogP contribution in [-0.2, 0) is 23.3 Å². The minimum absolute atomic E-state index is 0.0291. The van der Waals surface area contributed by atoms with Crippen molar-refractivity contribution in [3.05, 3.63) is 11.6 Å². The fourth-order valence-electron chi connectivity index (χ4n) is 1.74. The molecule has 0 aliphatic carbocycles. The van der Waals surface area contributed by atoms with Crippen LogP contribution in [0.2, 0.25) is 0 Å². The first-order chi connectivity index (χ1) is 6.98. The number of carbonyl (C=O) groups is 1. The van der Waals surface area contributed by atoms with E-state index in [9.17, 15) is 4.79 Å². The Morgan fingerprint density at radius 2 is 2.07 bits per heavy atom. The molecule has 1 aromatic rings. The summed E-state index contributed by atoms with van der Waals surface area (Å²) in [5.74, 6) is 1.89. The number of carbonyl (C=O) groups excluding carboxylic acids is 1. The second kappa shape index (κ2) is 3.32. The summed E-state index contributed by atoms with van der Waals surface area (Å²) >= 11 is 0. The summed E-state index contributed by atoms with van der Waals surface area (Å²) in [6.45, 7) is 7.47. The largest absolute Gasteiger partial charge is 0.349 e. The standard InChI is InChI=1S/C10H16N4O/c1-10(2,3)9-13-12-7-6-11-8(15)4-5-14(7)9/h4-6H2,1-3H3,(H,11,15). The molecule has 5 heteroatoms. The Balaban J connectivity index is 2.38. The summed E-state index contributed by atoms with van der Waals surface area (Å²) in [6.07, 6.45) is 0.508. The van der Waals surface area contributed by atoms with Crippen molar-refractivity contribution in [2.75, 3.05) is 0 Å². The zero-order valence-corrected chi connectivity index (χ0v) is 9.37. The van der Waals surface area contributed by atoms with Crippen LogP contribution >= 0.6 is 0 Å². The molecule has 1 aliphatic heterocycles. The highest BCUT2D eigenvalue weighted by atomic mass is 16.1. The van der Waals surface area contributed by atoms with E-state index in [1.54, 1.807) is 0 Å². The normalized spacial score (nSPS) is 16.9. The number of rotatable bonds is 0. The molecule has 82 valence electrons. The number of nitrogens with one attached hydrogen (secondary N) is 1. The van der Waals surface area contributed by atoms with Crippen molar-refractivity contribution in [1.82, 2.24) is 20.1 Å². The number of hydrogen-bond acceptors (Lipinski definition) is 3. The van der Waals surface area contributed by atoms with E-state index in [2.05, 4.69) is 40.9 Å². The zero-order valence-electron chi connectivity index (χ0n) is 9.37. The van der Waals surface area contributed by atoms with Gasteiger partial charge in [-0.3, -0.25) is 4.79 Å². The second-order valence-electron chi connectivity index (χ2n) is 4.87. The van der Waals surface area contributed by atoms with Crippen molar-refractivity contribution < 1.29 is 4.79 Å². The minimum atomic E-state index is -0.0291. The van der Waals surface area contributed by atoms with Gasteiger partial charge in [-0.15, -0.1) is 10.2 Å². The van der Waals surface area contributed by atoms with Crippen molar-refractivity contribution >= 4 is 5.91 Å². The van der Waals surface area contributed by atoms with Crippen LogP contribution in [0, 0.1) is 0 Å². The van der Waals surface area contributed by atoms with Gasteiger partial charge in [0, 0.05) is 18.4 Å². The molecule has 2 heterocycles. The van der Waals surface area contributed by atoms with Gasteiger partial charge in [0.2, 0.25) is 5.91 Å². The molecular weight excluding hydrogens is 192 g/mol. The van der Waals surface area contributed by atoms with E-state index in [1.807, 2.05) is 0 Å². The molecule has 1 aliphatic rings. The van der Waals surface area contributed by atoms with Gasteiger partial charge < -0.3 is 9.88 Å². The third kappa shape index (κ3) is 1.86. The van der Waals surface area contributed by atoms with Gasteiger partial charge in [0.15, 0.2) is 5.82 Å². The fraction of sp³-hybridized carbons (Fsp3) is 0.700. The van der Waals surface area contributed by atoms with E-state index >= 15 is 0 Å². The van der Waals surface area contributed by atoms with Gasteiger partial charge >= 0.3 is 0 Å². The number of hydrogen-bond donors (Lipinski definition) is 1. The van der Waals surface area contributed by atoms with E-state index in [0.717, 1.165) is 11.6 Å². The van der Waals surface area contributed by atoms with Gasteiger partial charge in [-0.25, -0.2) is 0 Å². The summed E-state index contributed by atoms with van der Waals surface area (Å²) in [5, 5.41) is 11.1. The number of aromatic nitrogens is 3. The first-order valence-electron chi connectivity index (χ1n) is 5.18. The van der Waals surface area contributed by atoms with Crippen LogP contribution in [0.1, 0.15) is 38.8 Å². The summed E-state index contributed by atoms with van der Waals surface area (Å²) in [7, 11) is 0. The van der Waals surface area contributed by atoms with Gasteiger partial charge in [-0.1, -0.05) is 20.8 Å². The third-order valence-electron chi connectivity index (χ3n) is 2.50. The first kappa shape index (κ1) is 10.1. The van der Waals surface area contributed by atoms with Crippen molar-refractivity contribution in [1.29, 1.82) is 0 Å². The molecule has 1 aromatic heterocycles. The molecule has 0 radical (unpaired) electrons. The maximum atomic E-state index is 11.2. The van der Waals surface area contributed by atoms with Crippen LogP contribution in [-0.4, -0.2) is 20.7 Å². The lowest BCUT2D eigenvalue weighted by atomic mass is 9.95. The monoisotopic (exact) mass is 208 g/mol. The summed E-state index contributed by atoms with van der Waals surface area (Å²) in [4.78, 5) is 11.2. The fourth-order valence-corrected chi connectivity index (χ4v) is 1.74. The molecule has 0 spiro atoms. The molecule has 2 rings (SSSR count). The lowest BCUT2D eigenvalue weighted by Gasteiger charge is -2.18. The molecule has 0 aromatic carbocycles. The molecule has 5 nitrogen and oxygen atoms in total. The molecule has 0 fully saturated rings. The van der Waals surface area contributed by atoms with E-state index in [-0.39, 0.29) is 11.3 Å². The molecule has 0 bridgehead atoms. The van der Waals surface area contributed by atoms with Crippen molar-refractivity contribution in [3.63, 3.8) is 0 Å². The molecule has 0 unspecified atom stereocenters. The molecule has 1 amide bonds. The van der Waals surface area contributed by atoms with Gasteiger partial charge in [0.25, 0.3) is 0 Å². The van der Waals surface area contributed by atoms with Gasteiger partial charge in [0.05, 0.1) is 6.54 Å². The summed E-state index contributed by atoms with van der Waals surface area (Å²) in [6, 6.07) is 0. The van der Waals surface area contributed by atoms with Crippen LogP contribution in [0.3, 0.4) is 0 Å². The molecule has 15 heavy (non-hydrogen) atoms. The Morgan fingerprint density at radius 3 is 2.73 bits per heavy atom. The maximum Gasteiger partial charge on any atom is 0.222 e. The van der Waals surface area contributed by atoms with Crippen molar-refractivity contribution in [2.45, 2.75) is 45.7 Å². The Bertz CT molecular complexity index is 389. The number of nitrogens with zero attached hydrogens (tertiary/aromatic N) is 3. The van der Waals surface area contributed by atoms with Crippen molar-refractivity contribution in [2.24, 2.45) is 0 Å². The Hall–Kier alpha value is -1.39. The topological polar surface area (TPSA) is 59.8 Å². The van der Waals surface area contributed by atoms with Crippen molar-refractivity contribution in [3.8, 4) is 0 Å². The van der Waals surface area contributed by atoms with Gasteiger partial charge in [-0.05, 0) is 0 Å². The highest BCUT2D eigenvalue weighted by molar-refractivity contribution is 5.76. The molecule has 0 atom stereocenters. The average molecular weight is 208 g/mol. The number of fused-ring (bicyclic) bond motifs is 1. The SMILES string of the molecule is CC(C)(C)c1nnc2n1CCC(=O)NC2. The predicted molar refractivity (Wildman–Crippen MR) is 55.2 cm³/mol. The van der Waals surface area contributed by atoms with Gasteiger partial charge in [-0.2, -0.15) is 0 Å². The lowest BCUT2D eigenvalue weighted by Crippen LogP contribution is -2.20. The summed E-state index contributed by atoms with van der Waals surface area (Å²) < 4.78 is 2.05. The van der Waals surface area contributed by atoms with E-state index in [1.165, 1.54) is 0 Å². The Labute approximate surface area is 88.9 Å². The number of amides is 1. The van der Waals surface area contributed by atoms with E-state index in [4.69, 9.17) is 0 Å². The van der Waals surface area contributed by atoms with Crippen LogP contribution in [0.15, 0.2) is 0 Å².